The molecule has 0 radical (unpaired) electrons. The van der Waals surface area contributed by atoms with Crippen molar-refractivity contribution in [2.24, 2.45) is 21.1 Å². The molecule has 1 unspecified atom stereocenters. The Bertz CT molecular complexity index is 7340. The highest BCUT2D eigenvalue weighted by atomic mass is 19.3. The monoisotopic (exact) mass is 1990 g/mol. The number of anilines is 8. The zero-order valence-corrected chi connectivity index (χ0v) is 85.0. The molecule has 2 N–H and O–H groups in total. The van der Waals surface area contributed by atoms with Gasteiger partial charge in [-0.1, -0.05) is 44.2 Å². The number of aliphatic hydroxyl groups is 1. The van der Waals surface area contributed by atoms with Gasteiger partial charge in [0.15, 0.2) is 0 Å². The molecule has 0 bridgehead atoms. The Morgan fingerprint density at radius 2 is 0.816 bits per heavy atom. The van der Waals surface area contributed by atoms with Crippen LogP contribution >= 0.6 is 0 Å². The number of aliphatic hydroxyl groups excluding tert-OH is 1. The molecular formula is C112H123F3N24O8. The molecule has 19 rings (SSSR count). The number of methoxy groups -OCH3 is 6. The van der Waals surface area contributed by atoms with Gasteiger partial charge in [0.1, 0.15) is 46.5 Å². The largest absolute Gasteiger partial charge is 0.497 e. The van der Waals surface area contributed by atoms with Crippen molar-refractivity contribution in [1.29, 1.82) is 0 Å². The first-order valence-corrected chi connectivity index (χ1v) is 48.8. The van der Waals surface area contributed by atoms with Crippen LogP contribution in [0.5, 0.6) is 34.5 Å². The summed E-state index contributed by atoms with van der Waals surface area (Å²) in [6.07, 6.45) is 29.9. The molecule has 1 aliphatic heterocycles. The zero-order valence-electron chi connectivity index (χ0n) is 85.0. The molecule has 147 heavy (non-hydrogen) atoms. The smallest absolute Gasteiger partial charge is 0.257 e. The second kappa shape index (κ2) is 49.5. The quantitative estimate of drug-likeness (QED) is 0.0338. The summed E-state index contributed by atoms with van der Waals surface area (Å²) < 4.78 is 86.8. The number of nitrogens with one attached hydrogen (secondary N) is 1. The number of ether oxygens (including phenoxy) is 7. The average Bonchev–Trinajstić information content (AvgIpc) is 1.74. The fourth-order valence-corrected chi connectivity index (χ4v) is 17.2. The number of fused-ring (bicyclic) bond motifs is 4. The minimum absolute atomic E-state index is 0.0176. The summed E-state index contributed by atoms with van der Waals surface area (Å²) >= 11 is 0. The normalized spacial score (nSPS) is 12.4. The van der Waals surface area contributed by atoms with Crippen molar-refractivity contribution in [3.8, 4) is 79.5 Å². The van der Waals surface area contributed by atoms with E-state index in [4.69, 9.17) is 58.1 Å². The Morgan fingerprint density at radius 3 is 1.24 bits per heavy atom. The molecule has 760 valence electrons. The number of hydrogen-bond donors (Lipinski definition) is 2. The first-order valence-electron chi connectivity index (χ1n) is 48.8. The SMILES string of the molecule is CCN(CC)Cc1cc(OC)cc(N(CCCO)c2ccc3ncc(-c4cnn(C)c4)nc3c2)c1.COc1cc(F)cc(N(CCCNCC(C)(F)F)c2ccc3ncc(-c4cnn(C)c4)nc3c2)c1.COc1cc(OC)cc(N(CCN(C)Cc2ccccc2)c2ccc3ncc(-c4cnn(C5CCCCO5)c4)nc3c2)c1.COc1cc(OC)cc(N(Cc2ccncc2)c2ccc3ncc(-c4cnn(C)c4)nc3c2)c1. The third-order valence-corrected chi connectivity index (χ3v) is 25.0. The Balaban J connectivity index is 0.000000141. The third-order valence-electron chi connectivity index (χ3n) is 25.0. The lowest BCUT2D eigenvalue weighted by Crippen LogP contribution is -2.32. The van der Waals surface area contributed by atoms with E-state index in [1.807, 2.05) is 171 Å². The first kappa shape index (κ1) is 104. The zero-order chi connectivity index (χ0) is 103. The van der Waals surface area contributed by atoms with Crippen molar-refractivity contribution in [2.75, 3.05) is 135 Å². The topological polar surface area (TPSA) is 304 Å². The van der Waals surface area contributed by atoms with Crippen molar-refractivity contribution < 1.29 is 51.4 Å². The number of aryl methyl sites for hydroxylation is 3. The molecule has 9 aromatic carbocycles. The van der Waals surface area contributed by atoms with E-state index in [1.165, 1.54) is 30.4 Å². The summed E-state index contributed by atoms with van der Waals surface area (Å²) in [5, 5.41) is 29.6. The molecule has 18 aromatic rings. The standard InChI is InChI=1S/C34H38N6O3.C27H34N6O2.C26H24N6O2.C25H27F3N6O/c1-38(23-25-9-5-4-6-10-25)14-15-39(28-17-29(41-2)20-30(18-28)42-3)27-12-13-31-32(19-27)37-33(22-35-31)26-21-36-40(24-26)34-11-7-8-16-43-34;1-5-32(6-2)18-20-12-23(14-24(13-20)35-4)33(10-7-11-34)22-8-9-25-26(15-22)30-27(17-28-25)21-16-29-31(3)19-21;1-31-17-19(14-29-31)26-15-28-24-5-4-20(12-25(24)30-26)32(16-18-6-8-27-9-7-18)21-10-22(33-2)13-23(11-21)34-3;1-25(27,28)16-29-7-4-8-34(20-9-18(26)10-21(11-20)35-3)19-5-6-22-23(12-19)32-24(14-30-22)17-13-31-33(2)15-17/h4-6,9-10,12-13,17-22,24,34H,7-8,11,14-16,23H2,1-3H3;8-9,12-17,19,34H,5-7,10-11,18H2,1-4H3;4-15,17H,16H2,1-3H3;5-6,9-15,29H,4,7-8,16H2,1-3H3. The molecule has 10 heterocycles. The van der Waals surface area contributed by atoms with E-state index in [9.17, 15) is 18.3 Å². The predicted molar refractivity (Wildman–Crippen MR) is 570 cm³/mol. The molecule has 1 saturated heterocycles. The maximum Gasteiger partial charge on any atom is 0.257 e. The van der Waals surface area contributed by atoms with E-state index in [1.54, 1.807) is 105 Å². The first-order chi connectivity index (χ1) is 71.5. The van der Waals surface area contributed by atoms with Gasteiger partial charge in [0.2, 0.25) is 0 Å². The van der Waals surface area contributed by atoms with Crippen LogP contribution in [0.3, 0.4) is 0 Å². The summed E-state index contributed by atoms with van der Waals surface area (Å²) in [5.41, 5.74) is 23.8. The van der Waals surface area contributed by atoms with E-state index in [0.717, 1.165) is 207 Å². The lowest BCUT2D eigenvalue weighted by atomic mass is 10.1. The van der Waals surface area contributed by atoms with Gasteiger partial charge >= 0.3 is 0 Å². The maximum atomic E-state index is 14.3. The fourth-order valence-electron chi connectivity index (χ4n) is 17.2. The minimum atomic E-state index is -2.78. The molecule has 0 aliphatic carbocycles. The van der Waals surface area contributed by atoms with Crippen molar-refractivity contribution in [2.45, 2.75) is 84.7 Å². The van der Waals surface area contributed by atoms with Crippen molar-refractivity contribution >= 4 is 89.6 Å². The third kappa shape index (κ3) is 27.5. The highest BCUT2D eigenvalue weighted by molar-refractivity contribution is 5.87. The lowest BCUT2D eigenvalue weighted by molar-refractivity contribution is -0.0394. The van der Waals surface area contributed by atoms with E-state index in [0.29, 0.717) is 78.7 Å². The highest BCUT2D eigenvalue weighted by Crippen LogP contribution is 2.41. The lowest BCUT2D eigenvalue weighted by Gasteiger charge is -2.28. The van der Waals surface area contributed by atoms with Gasteiger partial charge in [-0.3, -0.25) is 43.9 Å². The molecular weight excluding hydrogens is 1870 g/mol. The second-order valence-electron chi connectivity index (χ2n) is 35.7. The van der Waals surface area contributed by atoms with Gasteiger partial charge in [0.05, 0.1) is 166 Å². The number of alkyl halides is 2. The summed E-state index contributed by atoms with van der Waals surface area (Å²) in [4.78, 5) is 55.4. The van der Waals surface area contributed by atoms with E-state index < -0.39 is 18.3 Å². The molecule has 1 atom stereocenters. The summed E-state index contributed by atoms with van der Waals surface area (Å²) in [5.74, 6) is 0.886. The molecule has 32 nitrogen and oxygen atoms in total. The number of rotatable bonds is 39. The van der Waals surface area contributed by atoms with Gasteiger partial charge in [-0.2, -0.15) is 20.4 Å². The molecule has 1 aliphatic rings. The number of pyridine rings is 1. The van der Waals surface area contributed by atoms with Crippen molar-refractivity contribution in [3.63, 3.8) is 0 Å². The van der Waals surface area contributed by atoms with Gasteiger partial charge in [-0.15, -0.1) is 0 Å². The van der Waals surface area contributed by atoms with Crippen LogP contribution in [0.15, 0.2) is 275 Å². The maximum absolute atomic E-state index is 14.3. The molecule has 0 amide bonds. The fraction of sp³-hybridized carbons (Fsp3) is 0.295. The Hall–Kier alpha value is -16.1. The van der Waals surface area contributed by atoms with Gasteiger partial charge in [0, 0.05) is 247 Å². The number of likely N-dealkylation sites (N-methyl/N-ethyl adjacent to an activating group) is 1. The molecule has 9 aromatic heterocycles. The Kier molecular flexibility index (Phi) is 34.9. The number of halogens is 3. The average molecular weight is 1990 g/mol. The molecule has 0 spiro atoms. The predicted octanol–water partition coefficient (Wildman–Crippen LogP) is 20.6. The van der Waals surface area contributed by atoms with E-state index in [-0.39, 0.29) is 12.8 Å². The molecule has 1 fully saturated rings. The van der Waals surface area contributed by atoms with E-state index >= 15 is 0 Å². The van der Waals surface area contributed by atoms with Crippen molar-refractivity contribution in [1.82, 2.24) is 99.1 Å². The van der Waals surface area contributed by atoms with Crippen LogP contribution in [0.25, 0.3) is 89.2 Å². The number of hydrogen-bond acceptors (Lipinski definition) is 28. The Labute approximate surface area is 853 Å². The van der Waals surface area contributed by atoms with Crippen LogP contribution in [-0.2, 0) is 45.5 Å². The number of benzene rings is 9. The molecule has 35 heteroatoms. The van der Waals surface area contributed by atoms with Gasteiger partial charge in [-0.05, 0) is 179 Å². The highest BCUT2D eigenvalue weighted by Gasteiger charge is 2.26. The molecule has 0 saturated carbocycles. The van der Waals surface area contributed by atoms with Crippen molar-refractivity contribution in [3.05, 3.63) is 297 Å². The van der Waals surface area contributed by atoms with E-state index in [2.05, 4.69) is 158 Å². The van der Waals surface area contributed by atoms with Crippen LogP contribution in [0.2, 0.25) is 0 Å². The van der Waals surface area contributed by atoms with Gasteiger partial charge < -0.3 is 68.1 Å². The van der Waals surface area contributed by atoms with Crippen LogP contribution in [-0.4, -0.2) is 220 Å². The Morgan fingerprint density at radius 1 is 0.408 bits per heavy atom. The minimum Gasteiger partial charge on any atom is -0.497 e. The van der Waals surface area contributed by atoms with Crippen LogP contribution in [0.4, 0.5) is 58.7 Å². The summed E-state index contributed by atoms with van der Waals surface area (Å²) in [6, 6.07) is 61.2. The summed E-state index contributed by atoms with van der Waals surface area (Å²) in [7, 11) is 17.6. The number of aromatic nitrogens is 17. The second-order valence-corrected chi connectivity index (χ2v) is 35.7. The summed E-state index contributed by atoms with van der Waals surface area (Å²) in [6.45, 7) is 13.1. The van der Waals surface area contributed by atoms with Gasteiger partial charge in [-0.25, -0.2) is 37.8 Å². The number of nitrogens with zero attached hydrogens (tertiary/aromatic N) is 23. The van der Waals surface area contributed by atoms with Gasteiger partial charge in [0.25, 0.3) is 5.92 Å². The van der Waals surface area contributed by atoms with Crippen LogP contribution in [0.1, 0.15) is 75.8 Å². The van der Waals surface area contributed by atoms with Crippen LogP contribution in [0, 0.1) is 5.82 Å². The van der Waals surface area contributed by atoms with Crippen LogP contribution < -0.4 is 53.3 Å².